The molecule has 37 heavy (non-hydrogen) atoms. The molecule has 1 N–H and O–H groups in total. The third-order valence-electron chi connectivity index (χ3n) is 6.33. The minimum Gasteiger partial charge on any atom is -0.494 e. The van der Waals surface area contributed by atoms with Crippen LogP contribution < -0.4 is 14.9 Å². The van der Waals surface area contributed by atoms with Gasteiger partial charge in [-0.25, -0.2) is 5.43 Å². The van der Waals surface area contributed by atoms with E-state index in [4.69, 9.17) is 14.6 Å². The van der Waals surface area contributed by atoms with E-state index in [1.165, 1.54) is 16.9 Å². The van der Waals surface area contributed by atoms with Gasteiger partial charge in [0, 0.05) is 4.88 Å². The van der Waals surface area contributed by atoms with Gasteiger partial charge in [-0.15, -0.1) is 11.3 Å². The van der Waals surface area contributed by atoms with Crippen LogP contribution in [0.15, 0.2) is 65.8 Å². The number of carbonyl (C=O) groups excluding carboxylic acids is 1. The van der Waals surface area contributed by atoms with Gasteiger partial charge in [0.2, 0.25) is 5.88 Å². The van der Waals surface area contributed by atoms with E-state index in [1.54, 1.807) is 22.2 Å². The number of rotatable bonds is 8. The number of aryl methyl sites for hydroxylation is 2. The molecule has 2 aromatic heterocycles. The van der Waals surface area contributed by atoms with Crippen molar-refractivity contribution in [2.45, 2.75) is 40.0 Å². The lowest BCUT2D eigenvalue weighted by Gasteiger charge is -2.16. The van der Waals surface area contributed by atoms with Gasteiger partial charge in [0.15, 0.2) is 0 Å². The largest absolute Gasteiger partial charge is 0.494 e. The topological polar surface area (TPSA) is 77.7 Å². The Morgan fingerprint density at radius 2 is 1.95 bits per heavy atom. The van der Waals surface area contributed by atoms with E-state index in [0.717, 1.165) is 30.0 Å². The van der Waals surface area contributed by atoms with Gasteiger partial charge < -0.3 is 9.47 Å². The van der Waals surface area contributed by atoms with Crippen LogP contribution in [-0.2, 0) is 12.8 Å². The van der Waals surface area contributed by atoms with Crippen LogP contribution in [0, 0.1) is 12.8 Å². The molecule has 190 valence electrons. The van der Waals surface area contributed by atoms with Crippen LogP contribution in [0.2, 0.25) is 0 Å². The van der Waals surface area contributed by atoms with Crippen molar-refractivity contribution in [3.05, 3.63) is 87.2 Å². The summed E-state index contributed by atoms with van der Waals surface area (Å²) in [6.07, 6.45) is 4.85. The fraction of sp³-hybridized carbons (Fsp3) is 0.276. The van der Waals surface area contributed by atoms with E-state index in [1.807, 2.05) is 74.5 Å². The Morgan fingerprint density at radius 1 is 1.19 bits per heavy atom. The molecular formula is C29H30N4O3S. The summed E-state index contributed by atoms with van der Waals surface area (Å²) in [7, 11) is 0. The minimum atomic E-state index is -0.203. The maximum Gasteiger partial charge on any atom is 0.281 e. The zero-order valence-electron chi connectivity index (χ0n) is 21.2. The highest BCUT2D eigenvalue weighted by atomic mass is 32.1. The second-order valence-electron chi connectivity index (χ2n) is 9.16. The summed E-state index contributed by atoms with van der Waals surface area (Å²) in [6, 6.07) is 19.2. The Kier molecular flexibility index (Phi) is 7.37. The summed E-state index contributed by atoms with van der Waals surface area (Å²) in [6.45, 7) is 6.70. The second-order valence-corrected chi connectivity index (χ2v) is 10.3. The lowest BCUT2D eigenvalue weighted by molar-refractivity contribution is 0.0959. The molecule has 5 rings (SSSR count). The predicted molar refractivity (Wildman–Crippen MR) is 147 cm³/mol. The Labute approximate surface area is 220 Å². The molecule has 0 radical (unpaired) electrons. The molecule has 0 saturated heterocycles. The summed E-state index contributed by atoms with van der Waals surface area (Å²) >= 11 is 1.57. The number of hydrogen-bond acceptors (Lipinski definition) is 6. The first-order valence-corrected chi connectivity index (χ1v) is 13.3. The van der Waals surface area contributed by atoms with E-state index >= 15 is 0 Å². The van der Waals surface area contributed by atoms with Crippen molar-refractivity contribution in [3.63, 3.8) is 0 Å². The van der Waals surface area contributed by atoms with E-state index in [9.17, 15) is 4.79 Å². The van der Waals surface area contributed by atoms with Crippen LogP contribution in [0.25, 0.3) is 5.69 Å². The third-order valence-corrected chi connectivity index (χ3v) is 7.56. The van der Waals surface area contributed by atoms with Crippen molar-refractivity contribution in [1.82, 2.24) is 15.2 Å². The number of para-hydroxylation sites is 1. The summed E-state index contributed by atoms with van der Waals surface area (Å²) in [5.74, 6) is 2.38. The van der Waals surface area contributed by atoms with E-state index in [2.05, 4.69) is 17.5 Å². The maximum absolute atomic E-state index is 12.8. The molecule has 7 nitrogen and oxygen atoms in total. The molecule has 4 aromatic rings. The molecule has 1 amide bonds. The first-order chi connectivity index (χ1) is 18.0. The molecule has 2 heterocycles. The first-order valence-electron chi connectivity index (χ1n) is 12.5. The lowest BCUT2D eigenvalue weighted by atomic mass is 9.90. The van der Waals surface area contributed by atoms with E-state index in [0.29, 0.717) is 34.6 Å². The van der Waals surface area contributed by atoms with E-state index < -0.39 is 0 Å². The fourth-order valence-electron chi connectivity index (χ4n) is 4.42. The molecule has 0 spiro atoms. The normalized spacial score (nSPS) is 14.9. The zero-order chi connectivity index (χ0) is 25.8. The van der Waals surface area contributed by atoms with E-state index in [-0.39, 0.29) is 5.91 Å². The molecule has 1 aliphatic carbocycles. The number of aromatic nitrogens is 2. The molecule has 1 atom stereocenters. The smallest absolute Gasteiger partial charge is 0.281 e. The molecule has 0 fully saturated rings. The van der Waals surface area contributed by atoms with Gasteiger partial charge in [0.05, 0.1) is 34.6 Å². The van der Waals surface area contributed by atoms with Crippen molar-refractivity contribution < 1.29 is 14.3 Å². The number of nitrogens with zero attached hydrogens (tertiary/aromatic N) is 3. The fourth-order valence-corrected chi connectivity index (χ4v) is 5.52. The number of benzene rings is 2. The van der Waals surface area contributed by atoms with Crippen molar-refractivity contribution in [2.24, 2.45) is 11.0 Å². The number of carbonyl (C=O) groups is 1. The summed E-state index contributed by atoms with van der Waals surface area (Å²) in [5.41, 5.74) is 6.24. The van der Waals surface area contributed by atoms with Gasteiger partial charge in [-0.05, 0) is 87.1 Å². The van der Waals surface area contributed by atoms with Crippen molar-refractivity contribution in [3.8, 4) is 23.1 Å². The highest BCUT2D eigenvalue weighted by Gasteiger charge is 2.21. The summed E-state index contributed by atoms with van der Waals surface area (Å²) < 4.78 is 13.6. The minimum absolute atomic E-state index is 0.203. The number of fused-ring (bicyclic) bond motifs is 1. The third kappa shape index (κ3) is 5.59. The zero-order valence-corrected chi connectivity index (χ0v) is 22.0. The van der Waals surface area contributed by atoms with Crippen molar-refractivity contribution >= 4 is 23.5 Å². The summed E-state index contributed by atoms with van der Waals surface area (Å²) in [4.78, 5) is 14.8. The molecule has 2 aromatic carbocycles. The molecular weight excluding hydrogens is 484 g/mol. The number of nitrogens with one attached hydrogen (secondary N) is 1. The second kappa shape index (κ2) is 11.0. The Morgan fingerprint density at radius 3 is 2.70 bits per heavy atom. The van der Waals surface area contributed by atoms with Crippen LogP contribution in [0.5, 0.6) is 17.4 Å². The Balaban J connectivity index is 1.40. The Bertz CT molecular complexity index is 1410. The average Bonchev–Trinajstić information content (AvgIpc) is 3.46. The van der Waals surface area contributed by atoms with Gasteiger partial charge in [-0.1, -0.05) is 25.1 Å². The summed E-state index contributed by atoms with van der Waals surface area (Å²) in [5, 5.41) is 8.97. The predicted octanol–water partition coefficient (Wildman–Crippen LogP) is 6.32. The number of thiophene rings is 1. The molecule has 8 heteroatoms. The quantitative estimate of drug-likeness (QED) is 0.220. The standard InChI is InChI=1S/C29H30N4O3S/c1-4-35-23-11-13-24(14-12-23)36-29-25(20(3)32-33(29)22-8-6-5-7-9-22)18-30-31-28(34)27-17-21-16-19(2)10-15-26(21)37-27/h5-9,11-14,17-19H,4,10,15-16H2,1-3H3,(H,31,34)/b30-18+. The molecule has 0 aliphatic heterocycles. The van der Waals surface area contributed by atoms with Crippen molar-refractivity contribution in [1.29, 1.82) is 0 Å². The number of hydrogen-bond donors (Lipinski definition) is 1. The molecule has 1 unspecified atom stereocenters. The first kappa shape index (κ1) is 24.8. The monoisotopic (exact) mass is 514 g/mol. The maximum atomic E-state index is 12.8. The van der Waals surface area contributed by atoms with Crippen LogP contribution >= 0.6 is 11.3 Å². The van der Waals surface area contributed by atoms with Crippen LogP contribution in [0.1, 0.15) is 51.6 Å². The van der Waals surface area contributed by atoms with Crippen LogP contribution in [0.3, 0.4) is 0 Å². The molecule has 0 bridgehead atoms. The highest BCUT2D eigenvalue weighted by molar-refractivity contribution is 7.14. The van der Waals surface area contributed by atoms with Gasteiger partial charge in [-0.3, -0.25) is 4.79 Å². The van der Waals surface area contributed by atoms with Crippen LogP contribution in [0.4, 0.5) is 0 Å². The van der Waals surface area contributed by atoms with Gasteiger partial charge in [0.25, 0.3) is 5.91 Å². The number of amides is 1. The Hall–Kier alpha value is -3.91. The van der Waals surface area contributed by atoms with Gasteiger partial charge in [0.1, 0.15) is 11.5 Å². The van der Waals surface area contributed by atoms with Gasteiger partial charge in [-0.2, -0.15) is 14.9 Å². The SMILES string of the molecule is CCOc1ccc(Oc2c(/C=N/NC(=O)c3cc4c(s3)CCC(C)C4)c(C)nn2-c2ccccc2)cc1. The van der Waals surface area contributed by atoms with Crippen molar-refractivity contribution in [2.75, 3.05) is 6.61 Å². The number of hydrazone groups is 1. The highest BCUT2D eigenvalue weighted by Crippen LogP contribution is 2.33. The van der Waals surface area contributed by atoms with Crippen LogP contribution in [-0.4, -0.2) is 28.5 Å². The molecule has 0 saturated carbocycles. The average molecular weight is 515 g/mol. The van der Waals surface area contributed by atoms with Gasteiger partial charge >= 0.3 is 0 Å². The molecule has 1 aliphatic rings. The lowest BCUT2D eigenvalue weighted by Crippen LogP contribution is -2.16. The number of ether oxygens (including phenoxy) is 2.